The van der Waals surface area contributed by atoms with Crippen molar-refractivity contribution in [1.82, 2.24) is 10.2 Å². The molecule has 0 aliphatic rings. The van der Waals surface area contributed by atoms with Gasteiger partial charge in [-0.3, -0.25) is 4.99 Å². The highest BCUT2D eigenvalue weighted by Gasteiger charge is 2.05. The third-order valence-corrected chi connectivity index (χ3v) is 4.40. The fraction of sp³-hybridized carbons (Fsp3) is 0.389. The van der Waals surface area contributed by atoms with Crippen molar-refractivity contribution in [2.45, 2.75) is 12.8 Å². The summed E-state index contributed by atoms with van der Waals surface area (Å²) in [6.45, 7) is 2.51. The number of benzene rings is 1. The molecule has 0 amide bonds. The van der Waals surface area contributed by atoms with E-state index >= 15 is 0 Å². The van der Waals surface area contributed by atoms with Crippen LogP contribution in [0.2, 0.25) is 0 Å². The Morgan fingerprint density at radius 2 is 2.00 bits per heavy atom. The van der Waals surface area contributed by atoms with E-state index in [1.807, 2.05) is 37.4 Å². The Morgan fingerprint density at radius 3 is 2.67 bits per heavy atom. The number of rotatable bonds is 8. The summed E-state index contributed by atoms with van der Waals surface area (Å²) in [7, 11) is 3.90. The molecule has 1 aromatic carbocycles. The van der Waals surface area contributed by atoms with E-state index in [1.54, 1.807) is 11.3 Å². The molecule has 0 saturated carbocycles. The maximum absolute atomic E-state index is 5.69. The summed E-state index contributed by atoms with van der Waals surface area (Å²) in [6, 6.07) is 14.2. The van der Waals surface area contributed by atoms with E-state index in [-0.39, 0.29) is 24.0 Å². The number of halogens is 1. The Hall–Kier alpha value is -1.28. The zero-order chi connectivity index (χ0) is 16.3. The lowest BCUT2D eigenvalue weighted by Crippen LogP contribution is -2.40. The van der Waals surface area contributed by atoms with Crippen LogP contribution in [-0.4, -0.2) is 44.7 Å². The molecule has 0 aliphatic carbocycles. The average Bonchev–Trinajstić information content (AvgIpc) is 3.10. The van der Waals surface area contributed by atoms with Gasteiger partial charge in [-0.25, -0.2) is 0 Å². The lowest BCUT2D eigenvalue weighted by molar-refractivity contribution is 0.310. The molecule has 1 N–H and O–H groups in total. The molecule has 0 atom stereocenters. The van der Waals surface area contributed by atoms with Crippen molar-refractivity contribution < 1.29 is 4.74 Å². The van der Waals surface area contributed by atoms with E-state index in [4.69, 9.17) is 4.74 Å². The number of thiophene rings is 1. The van der Waals surface area contributed by atoms with Gasteiger partial charge in [-0.05, 0) is 36.4 Å². The normalized spacial score (nSPS) is 10.8. The summed E-state index contributed by atoms with van der Waals surface area (Å²) in [5.74, 6) is 1.85. The van der Waals surface area contributed by atoms with Gasteiger partial charge in [0.15, 0.2) is 5.96 Å². The Balaban J connectivity index is 0.00000288. The smallest absolute Gasteiger partial charge is 0.193 e. The highest BCUT2D eigenvalue weighted by molar-refractivity contribution is 14.0. The molecule has 0 spiro atoms. The van der Waals surface area contributed by atoms with Crippen molar-refractivity contribution in [1.29, 1.82) is 0 Å². The summed E-state index contributed by atoms with van der Waals surface area (Å²) in [4.78, 5) is 7.91. The number of likely N-dealkylation sites (N-methyl/N-ethyl adjacent to an activating group) is 1. The van der Waals surface area contributed by atoms with Crippen LogP contribution >= 0.6 is 35.3 Å². The minimum Gasteiger partial charge on any atom is -0.494 e. The Bertz CT molecular complexity index is 575. The van der Waals surface area contributed by atoms with Crippen LogP contribution in [-0.2, 0) is 6.42 Å². The number of ether oxygens (including phenoxy) is 1. The minimum absolute atomic E-state index is 0. The molecule has 1 aromatic heterocycles. The zero-order valence-corrected chi connectivity index (χ0v) is 17.4. The first-order chi connectivity index (χ1) is 11.3. The molecule has 0 bridgehead atoms. The molecule has 4 nitrogen and oxygen atoms in total. The summed E-state index contributed by atoms with van der Waals surface area (Å²) in [5.41, 5.74) is 0. The molecule has 0 fully saturated rings. The molecular formula is C18H26IN3OS. The number of aliphatic imine (C=N–C) groups is 1. The van der Waals surface area contributed by atoms with E-state index in [9.17, 15) is 0 Å². The third kappa shape index (κ3) is 7.53. The Morgan fingerprint density at radius 1 is 1.21 bits per heavy atom. The molecule has 2 aromatic rings. The summed E-state index contributed by atoms with van der Waals surface area (Å²) in [5, 5.41) is 5.51. The molecule has 24 heavy (non-hydrogen) atoms. The van der Waals surface area contributed by atoms with Gasteiger partial charge in [-0.1, -0.05) is 24.3 Å². The summed E-state index contributed by atoms with van der Waals surface area (Å²) in [6.07, 6.45) is 1.98. The van der Waals surface area contributed by atoms with Gasteiger partial charge in [0.2, 0.25) is 0 Å². The average molecular weight is 459 g/mol. The molecule has 0 unspecified atom stereocenters. The minimum atomic E-state index is 0. The van der Waals surface area contributed by atoms with Crippen molar-refractivity contribution in [3.8, 4) is 5.75 Å². The number of hydrogen-bond donors (Lipinski definition) is 1. The third-order valence-electron chi connectivity index (χ3n) is 3.46. The second-order valence-corrected chi connectivity index (χ2v) is 6.27. The van der Waals surface area contributed by atoms with Gasteiger partial charge < -0.3 is 15.0 Å². The highest BCUT2D eigenvalue weighted by atomic mass is 127. The van der Waals surface area contributed by atoms with Gasteiger partial charge in [0.05, 0.1) is 6.61 Å². The zero-order valence-electron chi connectivity index (χ0n) is 14.3. The maximum Gasteiger partial charge on any atom is 0.193 e. The predicted octanol–water partition coefficient (Wildman–Crippen LogP) is 3.88. The number of guanidine groups is 1. The number of nitrogens with zero attached hydrogens (tertiary/aromatic N) is 2. The van der Waals surface area contributed by atoms with Crippen molar-refractivity contribution >= 4 is 41.3 Å². The molecule has 1 heterocycles. The van der Waals surface area contributed by atoms with Crippen LogP contribution < -0.4 is 10.1 Å². The highest BCUT2D eigenvalue weighted by Crippen LogP contribution is 2.09. The monoisotopic (exact) mass is 459 g/mol. The first-order valence-electron chi connectivity index (χ1n) is 7.91. The van der Waals surface area contributed by atoms with Crippen molar-refractivity contribution in [3.05, 3.63) is 52.7 Å². The fourth-order valence-electron chi connectivity index (χ4n) is 2.20. The molecule has 0 saturated heterocycles. The number of hydrogen-bond acceptors (Lipinski definition) is 3. The van der Waals surface area contributed by atoms with E-state index in [0.29, 0.717) is 6.61 Å². The molecule has 0 aliphatic heterocycles. The predicted molar refractivity (Wildman–Crippen MR) is 114 cm³/mol. The van der Waals surface area contributed by atoms with Crippen LogP contribution in [0.4, 0.5) is 0 Å². The first-order valence-corrected chi connectivity index (χ1v) is 8.79. The quantitative estimate of drug-likeness (QED) is 0.282. The molecule has 0 radical (unpaired) electrons. The number of nitrogens with one attached hydrogen (secondary N) is 1. The molecule has 132 valence electrons. The van der Waals surface area contributed by atoms with Crippen LogP contribution in [0.15, 0.2) is 52.8 Å². The van der Waals surface area contributed by atoms with Crippen LogP contribution in [0.5, 0.6) is 5.75 Å². The van der Waals surface area contributed by atoms with Crippen molar-refractivity contribution in [2.24, 2.45) is 4.99 Å². The molecular weight excluding hydrogens is 433 g/mol. The van der Waals surface area contributed by atoms with Gasteiger partial charge in [0.25, 0.3) is 0 Å². The van der Waals surface area contributed by atoms with Crippen LogP contribution in [0.25, 0.3) is 0 Å². The second kappa shape index (κ2) is 12.1. The number of para-hydroxylation sites is 1. The van der Waals surface area contributed by atoms with E-state index in [2.05, 4.69) is 39.8 Å². The largest absolute Gasteiger partial charge is 0.494 e. The summed E-state index contributed by atoms with van der Waals surface area (Å²) < 4.78 is 5.69. The molecule has 6 heteroatoms. The van der Waals surface area contributed by atoms with Gasteiger partial charge in [-0.2, -0.15) is 0 Å². The van der Waals surface area contributed by atoms with E-state index in [1.165, 1.54) is 4.88 Å². The maximum atomic E-state index is 5.69. The topological polar surface area (TPSA) is 36.9 Å². The Kier molecular flexibility index (Phi) is 10.5. The van der Waals surface area contributed by atoms with Crippen LogP contribution in [0.3, 0.4) is 0 Å². The second-order valence-electron chi connectivity index (χ2n) is 5.24. The lowest BCUT2D eigenvalue weighted by atomic mass is 10.3. The van der Waals surface area contributed by atoms with E-state index < -0.39 is 0 Å². The fourth-order valence-corrected chi connectivity index (χ4v) is 2.90. The standard InChI is InChI=1S/C18H25N3OS.HI/c1-19-18(21(2)13-11-17-10-6-15-23-17)20-12-7-14-22-16-8-4-3-5-9-16;/h3-6,8-10,15H,7,11-14H2,1-2H3,(H,19,20);1H. The summed E-state index contributed by atoms with van der Waals surface area (Å²) >= 11 is 1.80. The van der Waals surface area contributed by atoms with Crippen LogP contribution in [0.1, 0.15) is 11.3 Å². The van der Waals surface area contributed by atoms with E-state index in [0.717, 1.165) is 37.6 Å². The van der Waals surface area contributed by atoms with Gasteiger partial charge in [-0.15, -0.1) is 35.3 Å². The van der Waals surface area contributed by atoms with Crippen molar-refractivity contribution in [2.75, 3.05) is 33.8 Å². The Labute approximate surface area is 166 Å². The van der Waals surface area contributed by atoms with Crippen LogP contribution in [0, 0.1) is 0 Å². The SMILES string of the molecule is CN=C(NCCCOc1ccccc1)N(C)CCc1cccs1.I. The van der Waals surface area contributed by atoms with Crippen molar-refractivity contribution in [3.63, 3.8) is 0 Å². The van der Waals surface area contributed by atoms with Gasteiger partial charge in [0.1, 0.15) is 5.75 Å². The lowest BCUT2D eigenvalue weighted by Gasteiger charge is -2.21. The molecule has 2 rings (SSSR count). The first kappa shape index (κ1) is 20.8. The van der Waals surface area contributed by atoms with Gasteiger partial charge >= 0.3 is 0 Å². The van der Waals surface area contributed by atoms with Gasteiger partial charge in [0, 0.05) is 32.1 Å².